The molecule has 3 aliphatic carbocycles. The van der Waals surface area contributed by atoms with E-state index >= 15 is 0 Å². The fourth-order valence-corrected chi connectivity index (χ4v) is 7.34. The topological polar surface area (TPSA) is 132 Å². The van der Waals surface area contributed by atoms with E-state index in [1.165, 1.54) is 6.07 Å². The maximum absolute atomic E-state index is 14.0. The van der Waals surface area contributed by atoms with Crippen LogP contribution in [0.3, 0.4) is 0 Å². The van der Waals surface area contributed by atoms with E-state index in [1.54, 1.807) is 19.9 Å². The van der Waals surface area contributed by atoms with Crippen LogP contribution in [-0.4, -0.2) is 43.4 Å². The Morgan fingerprint density at radius 1 is 1.08 bits per heavy atom. The van der Waals surface area contributed by atoms with Gasteiger partial charge in [-0.2, -0.15) is 0 Å². The zero-order chi connectivity index (χ0) is 28.0. The second kappa shape index (κ2) is 8.15. The van der Waals surface area contributed by atoms with E-state index in [2.05, 4.69) is 6.58 Å². The van der Waals surface area contributed by atoms with Gasteiger partial charge in [0.15, 0.2) is 17.2 Å². The number of phenols is 1. The van der Waals surface area contributed by atoms with Crippen LogP contribution in [0, 0.1) is 28.6 Å². The first kappa shape index (κ1) is 26.9. The van der Waals surface area contributed by atoms with Crippen molar-refractivity contribution in [2.75, 3.05) is 0 Å². The highest BCUT2D eigenvalue weighted by atomic mass is 16.3. The largest absolute Gasteiger partial charge is 0.511 e. The van der Waals surface area contributed by atoms with E-state index in [4.69, 9.17) is 0 Å². The van der Waals surface area contributed by atoms with Gasteiger partial charge in [0.05, 0.1) is 5.56 Å². The molecule has 0 aromatic heterocycles. The zero-order valence-corrected chi connectivity index (χ0v) is 22.5. The summed E-state index contributed by atoms with van der Waals surface area (Å²) in [7, 11) is 0. The number of aliphatic hydroxyl groups excluding tert-OH is 2. The van der Waals surface area contributed by atoms with Crippen LogP contribution in [0.15, 0.2) is 41.4 Å². The summed E-state index contributed by atoms with van der Waals surface area (Å²) in [6.07, 6.45) is 0.297. The molecule has 1 aromatic carbocycles. The van der Waals surface area contributed by atoms with Crippen molar-refractivity contribution in [1.82, 2.24) is 0 Å². The maximum atomic E-state index is 14.0. The molecule has 198 valence electrons. The number of carbonyl (C=O) groups is 3. The minimum atomic E-state index is -2.61. The monoisotopic (exact) mass is 508 g/mol. The summed E-state index contributed by atoms with van der Waals surface area (Å²) in [5.74, 6) is -5.08. The number of allylic oxidation sites excluding steroid dienone is 3. The molecule has 4 rings (SSSR count). The van der Waals surface area contributed by atoms with Crippen molar-refractivity contribution in [1.29, 1.82) is 0 Å². The number of aromatic hydroxyl groups is 1. The first-order chi connectivity index (χ1) is 17.0. The van der Waals surface area contributed by atoms with Crippen molar-refractivity contribution < 1.29 is 34.8 Å². The van der Waals surface area contributed by atoms with Gasteiger partial charge in [-0.1, -0.05) is 54.2 Å². The number of fused-ring (bicyclic) bond motifs is 3. The van der Waals surface area contributed by atoms with Gasteiger partial charge in [0.1, 0.15) is 22.8 Å². The number of ketones is 3. The van der Waals surface area contributed by atoms with Gasteiger partial charge in [0.2, 0.25) is 5.78 Å². The van der Waals surface area contributed by atoms with Crippen LogP contribution in [0.1, 0.15) is 76.4 Å². The molecule has 0 heterocycles. The van der Waals surface area contributed by atoms with Gasteiger partial charge in [0.25, 0.3) is 0 Å². The second-order valence-electron chi connectivity index (χ2n) is 12.1. The molecule has 0 aliphatic heterocycles. The molecule has 37 heavy (non-hydrogen) atoms. The third-order valence-corrected chi connectivity index (χ3v) is 8.93. The molecule has 1 unspecified atom stereocenters. The van der Waals surface area contributed by atoms with Crippen LogP contribution in [0.25, 0.3) is 5.57 Å². The normalized spacial score (nSPS) is 31.5. The standard InChI is InChI=1S/C30H36O7/c1-13(2)15(5)17-9-10-19(32)21-18(17)11-28(7)12-29(8)22(14(3)4)24(33)20(16(6)31)26(35)30(29,37)27(36)23(28)25(21)34/h9-10,13-14,22,32-33,36-37H,5,11-12H2,1-4,6-8H3/t22?,28-,29-,30+/m1/s1. The Balaban J connectivity index is 2.08. The summed E-state index contributed by atoms with van der Waals surface area (Å²) >= 11 is 0. The summed E-state index contributed by atoms with van der Waals surface area (Å²) in [6.45, 7) is 16.3. The van der Waals surface area contributed by atoms with Crippen molar-refractivity contribution in [3.8, 4) is 5.75 Å². The smallest absolute Gasteiger partial charge is 0.209 e. The lowest BCUT2D eigenvalue weighted by molar-refractivity contribution is -0.171. The quantitative estimate of drug-likeness (QED) is 0.420. The van der Waals surface area contributed by atoms with Crippen LogP contribution in [0.5, 0.6) is 5.75 Å². The molecule has 0 amide bonds. The number of hydrogen-bond donors (Lipinski definition) is 4. The number of phenolic OH excluding ortho intramolecular Hbond substituents is 1. The van der Waals surface area contributed by atoms with Crippen LogP contribution < -0.4 is 0 Å². The average Bonchev–Trinajstić information content (AvgIpc) is 2.75. The van der Waals surface area contributed by atoms with Gasteiger partial charge < -0.3 is 20.4 Å². The van der Waals surface area contributed by atoms with Crippen molar-refractivity contribution in [3.05, 3.63) is 58.1 Å². The Morgan fingerprint density at radius 2 is 1.68 bits per heavy atom. The Bertz CT molecular complexity index is 1340. The maximum Gasteiger partial charge on any atom is 0.209 e. The predicted molar refractivity (Wildman–Crippen MR) is 139 cm³/mol. The molecule has 0 fully saturated rings. The van der Waals surface area contributed by atoms with Crippen LogP contribution in [0.4, 0.5) is 0 Å². The summed E-state index contributed by atoms with van der Waals surface area (Å²) < 4.78 is 0. The fourth-order valence-electron chi connectivity index (χ4n) is 7.34. The van der Waals surface area contributed by atoms with E-state index in [0.29, 0.717) is 5.56 Å². The number of carbonyl (C=O) groups excluding carboxylic acids is 3. The van der Waals surface area contributed by atoms with Crippen molar-refractivity contribution >= 4 is 22.9 Å². The molecule has 4 atom stereocenters. The third-order valence-electron chi connectivity index (χ3n) is 8.93. The van der Waals surface area contributed by atoms with Crippen molar-refractivity contribution in [2.45, 2.75) is 66.9 Å². The lowest BCUT2D eigenvalue weighted by Gasteiger charge is -2.59. The van der Waals surface area contributed by atoms with Crippen molar-refractivity contribution in [2.24, 2.45) is 28.6 Å². The summed E-state index contributed by atoms with van der Waals surface area (Å²) in [5, 5.41) is 45.6. The molecule has 0 saturated carbocycles. The molecule has 1 aromatic rings. The Morgan fingerprint density at radius 3 is 2.19 bits per heavy atom. The summed E-state index contributed by atoms with van der Waals surface area (Å²) in [6, 6.07) is 3.15. The Hall–Kier alpha value is -3.19. The molecule has 0 spiro atoms. The van der Waals surface area contributed by atoms with E-state index in [0.717, 1.165) is 18.1 Å². The van der Waals surface area contributed by atoms with Gasteiger partial charge in [-0.15, -0.1) is 0 Å². The molecule has 0 bridgehead atoms. The number of Topliss-reactive ketones (excluding diaryl/α,β-unsaturated/α-hetero) is 3. The van der Waals surface area contributed by atoms with Gasteiger partial charge >= 0.3 is 0 Å². The Kier molecular flexibility index (Phi) is 5.92. The zero-order valence-electron chi connectivity index (χ0n) is 22.5. The number of hydrogen-bond acceptors (Lipinski definition) is 7. The highest BCUT2D eigenvalue weighted by Gasteiger charge is 2.71. The molecule has 7 heteroatoms. The van der Waals surface area contributed by atoms with Gasteiger partial charge in [-0.25, -0.2) is 0 Å². The molecular formula is C30H36O7. The lowest BCUT2D eigenvalue weighted by atomic mass is 9.44. The van der Waals surface area contributed by atoms with Crippen molar-refractivity contribution in [3.63, 3.8) is 0 Å². The van der Waals surface area contributed by atoms with Gasteiger partial charge in [-0.05, 0) is 54.4 Å². The van der Waals surface area contributed by atoms with Crippen LogP contribution in [-0.2, 0) is 16.0 Å². The van der Waals surface area contributed by atoms with E-state index < -0.39 is 56.8 Å². The van der Waals surface area contributed by atoms with Gasteiger partial charge in [0, 0.05) is 22.3 Å². The minimum Gasteiger partial charge on any atom is -0.511 e. The minimum absolute atomic E-state index is 0.0133. The SMILES string of the molecule is C=C(c1ccc(O)c2c1C[C@]1(C)C[C@]3(C)C(C(C)C)C(O)=C(C(C)=O)C(=O)[C@]3(O)C(O)=C1C2=O)C(C)C. The predicted octanol–water partition coefficient (Wildman–Crippen LogP) is 5.02. The first-order valence-corrected chi connectivity index (χ1v) is 12.7. The molecule has 0 saturated heterocycles. The van der Waals surface area contributed by atoms with E-state index in [-0.39, 0.29) is 41.6 Å². The summed E-state index contributed by atoms with van der Waals surface area (Å²) in [4.78, 5) is 40.1. The molecule has 7 nitrogen and oxygen atoms in total. The highest BCUT2D eigenvalue weighted by Crippen LogP contribution is 2.65. The van der Waals surface area contributed by atoms with Gasteiger partial charge in [-0.3, -0.25) is 14.4 Å². The number of benzene rings is 1. The molecule has 3 aliphatic rings. The third kappa shape index (κ3) is 3.26. The molecule has 4 N–H and O–H groups in total. The first-order valence-electron chi connectivity index (χ1n) is 12.7. The number of aliphatic hydroxyl groups is 3. The van der Waals surface area contributed by atoms with E-state index in [9.17, 15) is 34.8 Å². The summed E-state index contributed by atoms with van der Waals surface area (Å²) in [5.41, 5.74) is -3.65. The van der Waals surface area contributed by atoms with Crippen LogP contribution >= 0.6 is 0 Å². The van der Waals surface area contributed by atoms with Crippen LogP contribution in [0.2, 0.25) is 0 Å². The second-order valence-corrected chi connectivity index (χ2v) is 12.1. The molecule has 0 radical (unpaired) electrons. The average molecular weight is 509 g/mol. The highest BCUT2D eigenvalue weighted by molar-refractivity contribution is 6.25. The Labute approximate surface area is 217 Å². The lowest BCUT2D eigenvalue weighted by Crippen LogP contribution is -2.67. The fraction of sp³-hybridized carbons (Fsp3) is 0.500. The van der Waals surface area contributed by atoms with E-state index in [1.807, 2.05) is 27.7 Å². The number of rotatable bonds is 4. The molecular weight excluding hydrogens is 472 g/mol.